The Labute approximate surface area is 179 Å². The quantitative estimate of drug-likeness (QED) is 0.621. The minimum atomic E-state index is -0.00112. The third-order valence-electron chi connectivity index (χ3n) is 5.60. The van der Waals surface area contributed by atoms with E-state index in [4.69, 9.17) is 4.98 Å². The monoisotopic (exact) mass is 420 g/mol. The highest BCUT2D eigenvalue weighted by Crippen LogP contribution is 2.29. The van der Waals surface area contributed by atoms with Crippen LogP contribution >= 0.6 is 11.8 Å². The van der Waals surface area contributed by atoms with Crippen molar-refractivity contribution in [2.75, 3.05) is 17.2 Å². The molecule has 0 saturated heterocycles. The van der Waals surface area contributed by atoms with Gasteiger partial charge in [-0.15, -0.1) is 0 Å². The first-order valence-electron chi connectivity index (χ1n) is 10.4. The Hall–Kier alpha value is -2.80. The molecule has 0 unspecified atom stereocenters. The zero-order chi connectivity index (χ0) is 20.5. The van der Waals surface area contributed by atoms with Crippen LogP contribution in [0.25, 0.3) is 11.0 Å². The number of carbonyl (C=O) groups is 2. The maximum absolute atomic E-state index is 13.0. The standard InChI is InChI=1S/C23H24N4O2S/c28-21(24-17-11-12-17)14-27-20-10-4-2-8-18(20)25-23(27)30-15-22(29)26-13-5-7-16-6-1-3-9-19(16)26/h1-4,6,8-10,17H,5,7,11-15H2,(H,24,28). The molecular weight excluding hydrogens is 396 g/mol. The maximum Gasteiger partial charge on any atom is 0.240 e. The summed E-state index contributed by atoms with van der Waals surface area (Å²) < 4.78 is 1.93. The fourth-order valence-electron chi connectivity index (χ4n) is 3.96. The number of nitrogens with zero attached hydrogens (tertiary/aromatic N) is 3. The van der Waals surface area contributed by atoms with Crippen molar-refractivity contribution >= 4 is 40.3 Å². The van der Waals surface area contributed by atoms with E-state index in [2.05, 4.69) is 11.4 Å². The first-order valence-corrected chi connectivity index (χ1v) is 11.4. The Bertz CT molecular complexity index is 1110. The number of anilines is 1. The highest BCUT2D eigenvalue weighted by molar-refractivity contribution is 7.99. The number of amides is 2. The van der Waals surface area contributed by atoms with Gasteiger partial charge in [-0.3, -0.25) is 9.59 Å². The Morgan fingerprint density at radius 1 is 1.10 bits per heavy atom. The lowest BCUT2D eigenvalue weighted by molar-refractivity contribution is -0.121. The van der Waals surface area contributed by atoms with Crippen LogP contribution < -0.4 is 10.2 Å². The predicted molar refractivity (Wildman–Crippen MR) is 119 cm³/mol. The second-order valence-electron chi connectivity index (χ2n) is 7.88. The lowest BCUT2D eigenvalue weighted by Crippen LogP contribution is -2.36. The van der Waals surface area contributed by atoms with E-state index in [1.807, 2.05) is 51.9 Å². The third kappa shape index (κ3) is 3.94. The summed E-state index contributed by atoms with van der Waals surface area (Å²) in [6, 6.07) is 16.2. The van der Waals surface area contributed by atoms with E-state index >= 15 is 0 Å². The summed E-state index contributed by atoms with van der Waals surface area (Å²) >= 11 is 1.41. The number of benzene rings is 2. The molecule has 5 rings (SSSR count). The molecule has 1 fully saturated rings. The number of nitrogens with one attached hydrogen (secondary N) is 1. The third-order valence-corrected chi connectivity index (χ3v) is 6.56. The predicted octanol–water partition coefficient (Wildman–Crippen LogP) is 3.39. The minimum Gasteiger partial charge on any atom is -0.352 e. The Morgan fingerprint density at radius 2 is 1.90 bits per heavy atom. The number of carbonyl (C=O) groups excluding carboxylic acids is 2. The SMILES string of the molecule is O=C(Cn1c(SCC(=O)N2CCCc3ccccc32)nc2ccccc21)NC1CC1. The summed E-state index contributed by atoms with van der Waals surface area (Å²) in [5, 5.41) is 3.75. The molecule has 2 heterocycles. The Morgan fingerprint density at radius 3 is 2.77 bits per heavy atom. The number of aryl methyl sites for hydroxylation is 1. The van der Waals surface area contributed by atoms with Crippen LogP contribution in [0.5, 0.6) is 0 Å². The van der Waals surface area contributed by atoms with Gasteiger partial charge in [0, 0.05) is 18.3 Å². The number of rotatable bonds is 6. The molecule has 7 heteroatoms. The maximum atomic E-state index is 13.0. The van der Waals surface area contributed by atoms with Gasteiger partial charge in [-0.25, -0.2) is 4.98 Å². The number of aromatic nitrogens is 2. The summed E-state index contributed by atoms with van der Waals surface area (Å²) in [5.74, 6) is 0.369. The van der Waals surface area contributed by atoms with Gasteiger partial charge in [0.15, 0.2) is 5.16 Å². The topological polar surface area (TPSA) is 67.2 Å². The molecule has 2 aliphatic rings. The van der Waals surface area contributed by atoms with Gasteiger partial charge in [0.05, 0.1) is 16.8 Å². The average Bonchev–Trinajstić information content (AvgIpc) is 3.52. The van der Waals surface area contributed by atoms with Crippen molar-refractivity contribution in [3.8, 4) is 0 Å². The number of thioether (sulfide) groups is 1. The molecule has 0 bridgehead atoms. The van der Waals surface area contributed by atoms with E-state index in [9.17, 15) is 9.59 Å². The lowest BCUT2D eigenvalue weighted by Gasteiger charge is -2.29. The molecule has 1 aliphatic heterocycles. The summed E-state index contributed by atoms with van der Waals surface area (Å²) in [6.45, 7) is 0.969. The van der Waals surface area contributed by atoms with E-state index in [-0.39, 0.29) is 18.4 Å². The van der Waals surface area contributed by atoms with E-state index in [1.54, 1.807) is 0 Å². The van der Waals surface area contributed by atoms with Gasteiger partial charge < -0.3 is 14.8 Å². The van der Waals surface area contributed by atoms with Crippen LogP contribution in [-0.4, -0.2) is 39.7 Å². The Balaban J connectivity index is 1.34. The van der Waals surface area contributed by atoms with Gasteiger partial charge in [0.1, 0.15) is 6.54 Å². The summed E-state index contributed by atoms with van der Waals surface area (Å²) in [6.07, 6.45) is 4.11. The van der Waals surface area contributed by atoms with Crippen molar-refractivity contribution in [3.63, 3.8) is 0 Å². The molecule has 2 aromatic carbocycles. The molecule has 2 amide bonds. The Kier molecular flexibility index (Phi) is 5.21. The number of hydrogen-bond acceptors (Lipinski definition) is 4. The molecule has 3 aromatic rings. The number of para-hydroxylation sites is 3. The van der Waals surface area contributed by atoms with Gasteiger partial charge in [-0.2, -0.15) is 0 Å². The normalized spacial score (nSPS) is 15.8. The van der Waals surface area contributed by atoms with Gasteiger partial charge in [-0.1, -0.05) is 42.1 Å². The van der Waals surface area contributed by atoms with Crippen molar-refractivity contribution in [1.82, 2.24) is 14.9 Å². The summed E-state index contributed by atoms with van der Waals surface area (Å²) in [4.78, 5) is 32.0. The van der Waals surface area contributed by atoms with Crippen LogP contribution in [0.2, 0.25) is 0 Å². The second-order valence-corrected chi connectivity index (χ2v) is 8.82. The number of imidazole rings is 1. The molecule has 1 aliphatic carbocycles. The van der Waals surface area contributed by atoms with Crippen LogP contribution in [0.4, 0.5) is 5.69 Å². The molecule has 0 spiro atoms. The van der Waals surface area contributed by atoms with E-state index < -0.39 is 0 Å². The van der Waals surface area contributed by atoms with Gasteiger partial charge in [0.2, 0.25) is 11.8 Å². The molecular formula is C23H24N4O2S. The molecule has 30 heavy (non-hydrogen) atoms. The molecule has 1 N–H and O–H groups in total. The smallest absolute Gasteiger partial charge is 0.240 e. The van der Waals surface area contributed by atoms with Crippen LogP contribution in [0.15, 0.2) is 53.7 Å². The number of fused-ring (bicyclic) bond motifs is 2. The summed E-state index contributed by atoms with van der Waals surface area (Å²) in [7, 11) is 0. The molecule has 154 valence electrons. The van der Waals surface area contributed by atoms with E-state index in [0.717, 1.165) is 48.9 Å². The lowest BCUT2D eigenvalue weighted by atomic mass is 10.0. The first-order chi connectivity index (χ1) is 14.7. The van der Waals surface area contributed by atoms with E-state index in [0.29, 0.717) is 17.0 Å². The number of hydrogen-bond donors (Lipinski definition) is 1. The molecule has 1 aromatic heterocycles. The second kappa shape index (κ2) is 8.14. The van der Waals surface area contributed by atoms with Crippen molar-refractivity contribution in [2.24, 2.45) is 0 Å². The van der Waals surface area contributed by atoms with Gasteiger partial charge in [0.25, 0.3) is 0 Å². The average molecular weight is 421 g/mol. The molecule has 1 saturated carbocycles. The summed E-state index contributed by atoms with van der Waals surface area (Å²) in [5.41, 5.74) is 4.01. The first kappa shape index (κ1) is 19.2. The van der Waals surface area contributed by atoms with Gasteiger partial charge in [-0.05, 0) is 49.4 Å². The highest BCUT2D eigenvalue weighted by Gasteiger charge is 2.25. The minimum absolute atomic E-state index is 0.00112. The van der Waals surface area contributed by atoms with Crippen molar-refractivity contribution in [2.45, 2.75) is 43.4 Å². The van der Waals surface area contributed by atoms with Crippen molar-refractivity contribution < 1.29 is 9.59 Å². The van der Waals surface area contributed by atoms with Crippen molar-refractivity contribution in [1.29, 1.82) is 0 Å². The molecule has 0 radical (unpaired) electrons. The van der Waals surface area contributed by atoms with Crippen LogP contribution in [0.1, 0.15) is 24.8 Å². The van der Waals surface area contributed by atoms with Crippen LogP contribution in [0.3, 0.4) is 0 Å². The largest absolute Gasteiger partial charge is 0.352 e. The zero-order valence-electron chi connectivity index (χ0n) is 16.7. The molecule has 6 nitrogen and oxygen atoms in total. The zero-order valence-corrected chi connectivity index (χ0v) is 17.5. The van der Waals surface area contributed by atoms with Crippen molar-refractivity contribution in [3.05, 3.63) is 54.1 Å². The van der Waals surface area contributed by atoms with E-state index in [1.165, 1.54) is 17.3 Å². The van der Waals surface area contributed by atoms with Crippen LogP contribution in [0, 0.1) is 0 Å². The fourth-order valence-corrected chi connectivity index (χ4v) is 4.85. The molecule has 0 atom stereocenters. The van der Waals surface area contributed by atoms with Crippen LogP contribution in [-0.2, 0) is 22.6 Å². The highest BCUT2D eigenvalue weighted by atomic mass is 32.2. The fraction of sp³-hybridized carbons (Fsp3) is 0.348. The van der Waals surface area contributed by atoms with Gasteiger partial charge >= 0.3 is 0 Å².